The average Bonchev–Trinajstić information content (AvgIpc) is 2.15. The van der Waals surface area contributed by atoms with Crippen LogP contribution in [0.3, 0.4) is 0 Å². The Hall–Kier alpha value is -0.180. The minimum Gasteiger partial charge on any atom is -0.328 e. The normalized spacial score (nSPS) is 11.9. The molecule has 2 N–H and O–H groups in total. The molecular formula is C11H18ClNS. The topological polar surface area (TPSA) is 26.0 Å². The predicted octanol–water partition coefficient (Wildman–Crippen LogP) is 3.11. The number of rotatable bonds is 4. The third-order valence-electron chi connectivity index (χ3n) is 2.05. The predicted molar refractivity (Wildman–Crippen MR) is 67.4 cm³/mol. The SMILES string of the molecule is CSc1ccc(CCC(C)N)cc1.Cl. The van der Waals surface area contributed by atoms with Crippen LogP contribution in [0.5, 0.6) is 0 Å². The molecule has 1 atom stereocenters. The standard InChI is InChI=1S/C11H17NS.ClH/c1-9(12)3-4-10-5-7-11(13-2)8-6-10;/h5-9H,3-4,12H2,1-2H3;1H. The van der Waals surface area contributed by atoms with Gasteiger partial charge in [-0.3, -0.25) is 0 Å². The summed E-state index contributed by atoms with van der Waals surface area (Å²) in [4.78, 5) is 1.32. The number of halogens is 1. The van der Waals surface area contributed by atoms with Crippen molar-refractivity contribution in [1.82, 2.24) is 0 Å². The third kappa shape index (κ3) is 4.89. The van der Waals surface area contributed by atoms with E-state index in [-0.39, 0.29) is 12.4 Å². The summed E-state index contributed by atoms with van der Waals surface area (Å²) in [7, 11) is 0. The van der Waals surface area contributed by atoms with E-state index in [2.05, 4.69) is 37.4 Å². The summed E-state index contributed by atoms with van der Waals surface area (Å²) in [6.07, 6.45) is 4.25. The lowest BCUT2D eigenvalue weighted by Crippen LogP contribution is -2.15. The van der Waals surface area contributed by atoms with Gasteiger partial charge in [0.25, 0.3) is 0 Å². The fourth-order valence-electron chi connectivity index (χ4n) is 1.19. The number of hydrogen-bond acceptors (Lipinski definition) is 2. The van der Waals surface area contributed by atoms with Gasteiger partial charge < -0.3 is 5.73 Å². The molecule has 0 saturated carbocycles. The molecule has 0 amide bonds. The molecule has 0 aromatic heterocycles. The summed E-state index contributed by atoms with van der Waals surface area (Å²) < 4.78 is 0. The van der Waals surface area contributed by atoms with Gasteiger partial charge in [-0.1, -0.05) is 12.1 Å². The van der Waals surface area contributed by atoms with Crippen LogP contribution in [-0.2, 0) is 6.42 Å². The van der Waals surface area contributed by atoms with Gasteiger partial charge >= 0.3 is 0 Å². The largest absolute Gasteiger partial charge is 0.328 e. The highest BCUT2D eigenvalue weighted by Gasteiger charge is 1.96. The first kappa shape index (κ1) is 13.8. The molecule has 0 spiro atoms. The first-order valence-corrected chi connectivity index (χ1v) is 5.83. The molecule has 1 nitrogen and oxygen atoms in total. The molecule has 1 aromatic rings. The molecule has 1 unspecified atom stereocenters. The van der Waals surface area contributed by atoms with Gasteiger partial charge in [-0.25, -0.2) is 0 Å². The lowest BCUT2D eigenvalue weighted by Gasteiger charge is -2.05. The Morgan fingerprint density at radius 3 is 2.29 bits per heavy atom. The molecule has 0 fully saturated rings. The number of hydrogen-bond donors (Lipinski definition) is 1. The highest BCUT2D eigenvalue weighted by molar-refractivity contribution is 7.98. The van der Waals surface area contributed by atoms with Crippen molar-refractivity contribution in [3.05, 3.63) is 29.8 Å². The van der Waals surface area contributed by atoms with Crippen molar-refractivity contribution in [3.8, 4) is 0 Å². The molecule has 80 valence electrons. The number of benzene rings is 1. The first-order valence-electron chi connectivity index (χ1n) is 4.61. The quantitative estimate of drug-likeness (QED) is 0.806. The van der Waals surface area contributed by atoms with Gasteiger partial charge in [0.15, 0.2) is 0 Å². The summed E-state index contributed by atoms with van der Waals surface area (Å²) in [5, 5.41) is 0. The second kappa shape index (κ2) is 7.16. The van der Waals surface area contributed by atoms with Crippen molar-refractivity contribution in [2.45, 2.75) is 30.7 Å². The Morgan fingerprint density at radius 1 is 1.29 bits per heavy atom. The zero-order chi connectivity index (χ0) is 9.68. The maximum atomic E-state index is 5.69. The molecular weight excluding hydrogens is 214 g/mol. The zero-order valence-electron chi connectivity index (χ0n) is 8.69. The molecule has 3 heteroatoms. The van der Waals surface area contributed by atoms with E-state index in [4.69, 9.17) is 5.73 Å². The Morgan fingerprint density at radius 2 is 1.86 bits per heavy atom. The first-order chi connectivity index (χ1) is 6.22. The van der Waals surface area contributed by atoms with Gasteiger partial charge in [-0.2, -0.15) is 0 Å². The monoisotopic (exact) mass is 231 g/mol. The minimum atomic E-state index is 0. The Balaban J connectivity index is 0.00000169. The van der Waals surface area contributed by atoms with Crippen molar-refractivity contribution in [2.24, 2.45) is 5.73 Å². The summed E-state index contributed by atoms with van der Waals surface area (Å²) in [6.45, 7) is 2.05. The fraction of sp³-hybridized carbons (Fsp3) is 0.455. The summed E-state index contributed by atoms with van der Waals surface area (Å²) >= 11 is 1.78. The fourth-order valence-corrected chi connectivity index (χ4v) is 1.59. The molecule has 1 rings (SSSR count). The van der Waals surface area contributed by atoms with E-state index in [1.165, 1.54) is 10.5 Å². The van der Waals surface area contributed by atoms with Crippen molar-refractivity contribution in [2.75, 3.05) is 6.26 Å². The number of aryl methyl sites for hydroxylation is 1. The van der Waals surface area contributed by atoms with E-state index in [1.807, 2.05) is 0 Å². The van der Waals surface area contributed by atoms with E-state index in [9.17, 15) is 0 Å². The van der Waals surface area contributed by atoms with Crippen LogP contribution in [0.15, 0.2) is 29.2 Å². The van der Waals surface area contributed by atoms with Crippen LogP contribution in [0.4, 0.5) is 0 Å². The van der Waals surface area contributed by atoms with Crippen LogP contribution in [0.1, 0.15) is 18.9 Å². The van der Waals surface area contributed by atoms with E-state index >= 15 is 0 Å². The number of thioether (sulfide) groups is 1. The second-order valence-electron chi connectivity index (χ2n) is 3.36. The second-order valence-corrected chi connectivity index (χ2v) is 4.24. The van der Waals surface area contributed by atoms with E-state index in [0.717, 1.165) is 12.8 Å². The zero-order valence-corrected chi connectivity index (χ0v) is 10.3. The molecule has 0 heterocycles. The molecule has 0 aliphatic heterocycles. The molecule has 14 heavy (non-hydrogen) atoms. The number of nitrogens with two attached hydrogens (primary N) is 1. The molecule has 0 aliphatic rings. The van der Waals surface area contributed by atoms with Gasteiger partial charge in [0.1, 0.15) is 0 Å². The lowest BCUT2D eigenvalue weighted by molar-refractivity contribution is 0.666. The Labute approximate surface area is 96.9 Å². The average molecular weight is 232 g/mol. The summed E-state index contributed by atoms with van der Waals surface area (Å²) in [5.74, 6) is 0. The molecule has 1 aromatic carbocycles. The Kier molecular flexibility index (Phi) is 7.06. The van der Waals surface area contributed by atoms with E-state index in [0.29, 0.717) is 6.04 Å². The maximum Gasteiger partial charge on any atom is 0.00693 e. The summed E-state index contributed by atoms with van der Waals surface area (Å²) in [5.41, 5.74) is 7.08. The molecule has 0 bridgehead atoms. The van der Waals surface area contributed by atoms with Crippen LogP contribution in [0, 0.1) is 0 Å². The van der Waals surface area contributed by atoms with Crippen LogP contribution in [0.25, 0.3) is 0 Å². The van der Waals surface area contributed by atoms with Gasteiger partial charge in [0.2, 0.25) is 0 Å². The van der Waals surface area contributed by atoms with Gasteiger partial charge in [0, 0.05) is 10.9 Å². The van der Waals surface area contributed by atoms with Crippen molar-refractivity contribution < 1.29 is 0 Å². The Bertz CT molecular complexity index is 246. The van der Waals surface area contributed by atoms with Crippen LogP contribution in [-0.4, -0.2) is 12.3 Å². The van der Waals surface area contributed by atoms with Gasteiger partial charge in [0.05, 0.1) is 0 Å². The minimum absolute atomic E-state index is 0. The smallest absolute Gasteiger partial charge is 0.00693 e. The van der Waals surface area contributed by atoms with E-state index in [1.54, 1.807) is 11.8 Å². The van der Waals surface area contributed by atoms with Crippen LogP contribution >= 0.6 is 24.2 Å². The third-order valence-corrected chi connectivity index (χ3v) is 2.79. The van der Waals surface area contributed by atoms with Gasteiger partial charge in [-0.05, 0) is 43.7 Å². The molecule has 0 radical (unpaired) electrons. The molecule has 0 saturated heterocycles. The van der Waals surface area contributed by atoms with Crippen molar-refractivity contribution in [3.63, 3.8) is 0 Å². The van der Waals surface area contributed by atoms with Crippen molar-refractivity contribution >= 4 is 24.2 Å². The van der Waals surface area contributed by atoms with E-state index < -0.39 is 0 Å². The van der Waals surface area contributed by atoms with Gasteiger partial charge in [-0.15, -0.1) is 24.2 Å². The maximum absolute atomic E-state index is 5.69. The molecule has 0 aliphatic carbocycles. The van der Waals surface area contributed by atoms with Crippen LogP contribution in [0.2, 0.25) is 0 Å². The lowest BCUT2D eigenvalue weighted by atomic mass is 10.1. The van der Waals surface area contributed by atoms with Crippen LogP contribution < -0.4 is 5.73 Å². The highest BCUT2D eigenvalue weighted by Crippen LogP contribution is 2.15. The summed E-state index contributed by atoms with van der Waals surface area (Å²) in [6, 6.07) is 9.02. The van der Waals surface area contributed by atoms with Crippen molar-refractivity contribution in [1.29, 1.82) is 0 Å². The highest BCUT2D eigenvalue weighted by atomic mass is 35.5.